The number of nitrogens with one attached hydrogen (secondary N) is 1. The number of aromatic nitrogens is 3. The van der Waals surface area contributed by atoms with Gasteiger partial charge in [-0.1, -0.05) is 6.07 Å². The van der Waals surface area contributed by atoms with Crippen LogP contribution in [0.3, 0.4) is 0 Å². The van der Waals surface area contributed by atoms with Crippen LogP contribution in [0.15, 0.2) is 36.5 Å². The number of carbonyl (C=O) groups is 1. The maximum Gasteiger partial charge on any atom is 0.339 e. The summed E-state index contributed by atoms with van der Waals surface area (Å²) < 4.78 is 5.07. The maximum atomic E-state index is 11.9. The molecule has 1 aromatic carbocycles. The summed E-state index contributed by atoms with van der Waals surface area (Å²) in [6.07, 6.45) is 1.71. The van der Waals surface area contributed by atoms with E-state index in [1.54, 1.807) is 13.1 Å². The Bertz CT molecular complexity index is 795. The zero-order valence-electron chi connectivity index (χ0n) is 11.9. The average Bonchev–Trinajstić information content (AvgIpc) is 3.00. The highest BCUT2D eigenvalue weighted by atomic mass is 16.5. The summed E-state index contributed by atoms with van der Waals surface area (Å²) in [6.45, 7) is 3.96. The topological polar surface area (TPSA) is 67.9 Å². The molecule has 0 bridgehead atoms. The fourth-order valence-corrected chi connectivity index (χ4v) is 2.27. The van der Waals surface area contributed by atoms with Crippen molar-refractivity contribution < 1.29 is 9.53 Å². The van der Waals surface area contributed by atoms with Crippen molar-refractivity contribution in [3.63, 3.8) is 0 Å². The Balaban J connectivity index is 2.11. The number of pyridine rings is 1. The number of H-pyrrole nitrogens is 1. The zero-order valence-corrected chi connectivity index (χ0v) is 11.9. The van der Waals surface area contributed by atoms with Crippen molar-refractivity contribution >= 4 is 16.9 Å². The minimum absolute atomic E-state index is 0.337. The van der Waals surface area contributed by atoms with Crippen molar-refractivity contribution in [3.8, 4) is 11.3 Å². The first-order valence-electron chi connectivity index (χ1n) is 6.77. The van der Waals surface area contributed by atoms with Crippen molar-refractivity contribution in [1.82, 2.24) is 15.2 Å². The lowest BCUT2D eigenvalue weighted by molar-refractivity contribution is 0.0525. The third-order valence-electron chi connectivity index (χ3n) is 3.31. The molecule has 0 fully saturated rings. The lowest BCUT2D eigenvalue weighted by Crippen LogP contribution is -2.08. The minimum Gasteiger partial charge on any atom is -0.462 e. The first-order valence-corrected chi connectivity index (χ1v) is 6.77. The first-order chi connectivity index (χ1) is 10.2. The molecule has 0 aliphatic rings. The summed E-state index contributed by atoms with van der Waals surface area (Å²) in [6, 6.07) is 9.63. The van der Waals surface area contributed by atoms with Gasteiger partial charge in [-0.2, -0.15) is 5.10 Å². The van der Waals surface area contributed by atoms with Crippen molar-refractivity contribution in [1.29, 1.82) is 0 Å². The molecule has 0 aliphatic carbocycles. The molecule has 5 nitrogen and oxygen atoms in total. The molecule has 1 N–H and O–H groups in total. The third-order valence-corrected chi connectivity index (χ3v) is 3.31. The number of nitrogens with zero attached hydrogens (tertiary/aromatic N) is 2. The summed E-state index contributed by atoms with van der Waals surface area (Å²) in [5.74, 6) is -0.337. The molecule has 3 rings (SSSR count). The van der Waals surface area contributed by atoms with E-state index in [-0.39, 0.29) is 5.97 Å². The van der Waals surface area contributed by atoms with Crippen LogP contribution in [0.25, 0.3) is 22.2 Å². The number of aromatic amines is 1. The molecular weight excluding hydrogens is 266 g/mol. The predicted octanol–water partition coefficient (Wildman–Crippen LogP) is 3.11. The lowest BCUT2D eigenvalue weighted by Gasteiger charge is -2.08. The second-order valence-corrected chi connectivity index (χ2v) is 4.72. The zero-order chi connectivity index (χ0) is 14.8. The van der Waals surface area contributed by atoms with Crippen LogP contribution in [-0.2, 0) is 4.74 Å². The van der Waals surface area contributed by atoms with Gasteiger partial charge in [0, 0.05) is 17.1 Å². The highest BCUT2D eigenvalue weighted by molar-refractivity contribution is 5.96. The Labute approximate surface area is 122 Å². The van der Waals surface area contributed by atoms with Gasteiger partial charge in [-0.25, -0.2) is 4.79 Å². The van der Waals surface area contributed by atoms with Gasteiger partial charge in [-0.15, -0.1) is 0 Å². The number of ether oxygens (including phenoxy) is 1. The Hall–Kier alpha value is -2.69. The van der Waals surface area contributed by atoms with E-state index in [0.29, 0.717) is 17.9 Å². The molecule has 2 heterocycles. The molecule has 0 saturated heterocycles. The largest absolute Gasteiger partial charge is 0.462 e. The summed E-state index contributed by atoms with van der Waals surface area (Å²) in [5.41, 5.74) is 3.96. The monoisotopic (exact) mass is 281 g/mol. The number of benzene rings is 1. The molecule has 5 heteroatoms. The number of carbonyl (C=O) groups excluding carboxylic acids is 1. The van der Waals surface area contributed by atoms with E-state index in [9.17, 15) is 4.79 Å². The first kappa shape index (κ1) is 13.3. The van der Waals surface area contributed by atoms with Gasteiger partial charge in [-0.05, 0) is 38.1 Å². The Morgan fingerprint density at radius 3 is 2.86 bits per heavy atom. The Morgan fingerprint density at radius 1 is 1.29 bits per heavy atom. The van der Waals surface area contributed by atoms with E-state index in [4.69, 9.17) is 4.74 Å². The van der Waals surface area contributed by atoms with Gasteiger partial charge in [-0.3, -0.25) is 10.1 Å². The van der Waals surface area contributed by atoms with E-state index in [1.165, 1.54) is 0 Å². The SMILES string of the molecule is CCOC(=O)c1cc2cc(-c3ccn[nH]3)ccc2nc1C. The second kappa shape index (κ2) is 5.36. The van der Waals surface area contributed by atoms with Crippen LogP contribution in [0.4, 0.5) is 0 Å². The predicted molar refractivity (Wildman–Crippen MR) is 80.0 cm³/mol. The molecule has 3 aromatic rings. The molecule has 0 aliphatic heterocycles. The van der Waals surface area contributed by atoms with Crippen LogP contribution >= 0.6 is 0 Å². The quantitative estimate of drug-likeness (QED) is 0.749. The van der Waals surface area contributed by atoms with Gasteiger partial charge in [0.25, 0.3) is 0 Å². The molecule has 0 amide bonds. The lowest BCUT2D eigenvalue weighted by atomic mass is 10.1. The third kappa shape index (κ3) is 2.50. The van der Waals surface area contributed by atoms with Crippen molar-refractivity contribution in [2.75, 3.05) is 6.61 Å². The second-order valence-electron chi connectivity index (χ2n) is 4.72. The van der Waals surface area contributed by atoms with E-state index < -0.39 is 0 Å². The van der Waals surface area contributed by atoms with Gasteiger partial charge in [0.2, 0.25) is 0 Å². The van der Waals surface area contributed by atoms with E-state index in [0.717, 1.165) is 22.2 Å². The van der Waals surface area contributed by atoms with Crippen LogP contribution in [-0.4, -0.2) is 27.8 Å². The van der Waals surface area contributed by atoms with Crippen LogP contribution < -0.4 is 0 Å². The number of rotatable bonds is 3. The maximum absolute atomic E-state index is 11.9. The standard InChI is InChI=1S/C16H15N3O2/c1-3-21-16(20)13-9-12-8-11(15-6-7-17-19-15)4-5-14(12)18-10(13)2/h4-9H,3H2,1-2H3,(H,17,19). The molecule has 2 aromatic heterocycles. The molecule has 0 atom stereocenters. The highest BCUT2D eigenvalue weighted by Gasteiger charge is 2.13. The van der Waals surface area contributed by atoms with E-state index in [2.05, 4.69) is 15.2 Å². The van der Waals surface area contributed by atoms with Crippen LogP contribution in [0.1, 0.15) is 23.0 Å². The van der Waals surface area contributed by atoms with E-state index >= 15 is 0 Å². The summed E-state index contributed by atoms with van der Waals surface area (Å²) in [4.78, 5) is 16.4. The number of esters is 1. The van der Waals surface area contributed by atoms with E-state index in [1.807, 2.05) is 37.3 Å². The molecule has 0 spiro atoms. The molecule has 0 saturated carbocycles. The number of hydrogen-bond acceptors (Lipinski definition) is 4. The minimum atomic E-state index is -0.337. The van der Waals surface area contributed by atoms with Gasteiger partial charge in [0.05, 0.1) is 29.1 Å². The van der Waals surface area contributed by atoms with Gasteiger partial charge < -0.3 is 4.74 Å². The smallest absolute Gasteiger partial charge is 0.339 e. The van der Waals surface area contributed by atoms with Crippen LogP contribution in [0, 0.1) is 6.92 Å². The average molecular weight is 281 g/mol. The summed E-state index contributed by atoms with van der Waals surface area (Å²) in [7, 11) is 0. The van der Waals surface area contributed by atoms with Crippen LogP contribution in [0.2, 0.25) is 0 Å². The van der Waals surface area contributed by atoms with Crippen LogP contribution in [0.5, 0.6) is 0 Å². The van der Waals surface area contributed by atoms with Gasteiger partial charge in [0.15, 0.2) is 0 Å². The Morgan fingerprint density at radius 2 is 2.14 bits per heavy atom. The van der Waals surface area contributed by atoms with Crippen molar-refractivity contribution in [3.05, 3.63) is 47.8 Å². The normalized spacial score (nSPS) is 10.8. The summed E-state index contributed by atoms with van der Waals surface area (Å²) in [5, 5.41) is 7.77. The number of hydrogen-bond donors (Lipinski definition) is 1. The summed E-state index contributed by atoms with van der Waals surface area (Å²) >= 11 is 0. The molecule has 0 unspecified atom stereocenters. The van der Waals surface area contributed by atoms with Crippen molar-refractivity contribution in [2.45, 2.75) is 13.8 Å². The molecular formula is C16H15N3O2. The fourth-order valence-electron chi connectivity index (χ4n) is 2.27. The Kier molecular flexibility index (Phi) is 3.39. The highest BCUT2D eigenvalue weighted by Crippen LogP contribution is 2.24. The van der Waals surface area contributed by atoms with Gasteiger partial charge >= 0.3 is 5.97 Å². The van der Waals surface area contributed by atoms with Crippen molar-refractivity contribution in [2.24, 2.45) is 0 Å². The molecule has 21 heavy (non-hydrogen) atoms. The molecule has 106 valence electrons. The molecule has 0 radical (unpaired) electrons. The van der Waals surface area contributed by atoms with Gasteiger partial charge in [0.1, 0.15) is 0 Å². The number of aryl methyl sites for hydroxylation is 1. The fraction of sp³-hybridized carbons (Fsp3) is 0.188. The number of fused-ring (bicyclic) bond motifs is 1.